The molecule has 1 aromatic rings. The minimum Gasteiger partial charge on any atom is -0.493 e. The monoisotopic (exact) mass is 464 g/mol. The standard InChI is InChI=1S/C17H28N4O3.HI/c1-5-10-19-16(22)12-20-17(18-6-2)21-13-8-9-14(24-7-3)15(11-13)23-4;/h8-9,11H,5-7,10,12H2,1-4H3,(H,19,22)(H2,18,20,21);1H. The van der Waals surface area contributed by atoms with Crippen LogP contribution in [0.4, 0.5) is 5.69 Å². The van der Waals surface area contributed by atoms with E-state index in [9.17, 15) is 4.79 Å². The van der Waals surface area contributed by atoms with E-state index in [2.05, 4.69) is 20.9 Å². The zero-order valence-corrected chi connectivity index (χ0v) is 17.7. The molecule has 8 heteroatoms. The summed E-state index contributed by atoms with van der Waals surface area (Å²) in [7, 11) is 1.60. The number of nitrogens with one attached hydrogen (secondary N) is 3. The summed E-state index contributed by atoms with van der Waals surface area (Å²) in [4.78, 5) is 16.0. The second kappa shape index (κ2) is 13.6. The summed E-state index contributed by atoms with van der Waals surface area (Å²) >= 11 is 0. The van der Waals surface area contributed by atoms with Gasteiger partial charge in [-0.3, -0.25) is 4.79 Å². The van der Waals surface area contributed by atoms with Gasteiger partial charge in [-0.1, -0.05) is 6.92 Å². The van der Waals surface area contributed by atoms with Crippen molar-refractivity contribution in [3.05, 3.63) is 18.2 Å². The number of amides is 1. The molecule has 1 rings (SSSR count). The molecule has 0 spiro atoms. The number of ether oxygens (including phenoxy) is 2. The van der Waals surface area contributed by atoms with Gasteiger partial charge in [0.15, 0.2) is 17.5 Å². The highest BCUT2D eigenvalue weighted by Crippen LogP contribution is 2.30. The first-order valence-corrected chi connectivity index (χ1v) is 8.27. The van der Waals surface area contributed by atoms with Gasteiger partial charge < -0.3 is 25.4 Å². The number of halogens is 1. The van der Waals surface area contributed by atoms with Crippen molar-refractivity contribution in [2.45, 2.75) is 27.2 Å². The minimum atomic E-state index is -0.0988. The fourth-order valence-electron chi connectivity index (χ4n) is 1.94. The molecule has 3 N–H and O–H groups in total. The molecule has 0 aromatic heterocycles. The molecule has 1 aromatic carbocycles. The van der Waals surface area contributed by atoms with Gasteiger partial charge in [0, 0.05) is 24.8 Å². The van der Waals surface area contributed by atoms with Crippen molar-refractivity contribution in [1.29, 1.82) is 0 Å². The average Bonchev–Trinajstić information content (AvgIpc) is 2.59. The molecule has 142 valence electrons. The first-order valence-electron chi connectivity index (χ1n) is 8.27. The predicted molar refractivity (Wildman–Crippen MR) is 112 cm³/mol. The fraction of sp³-hybridized carbons (Fsp3) is 0.529. The van der Waals surface area contributed by atoms with Gasteiger partial charge in [-0.15, -0.1) is 24.0 Å². The van der Waals surface area contributed by atoms with E-state index in [1.807, 2.05) is 39.0 Å². The van der Waals surface area contributed by atoms with Crippen molar-refractivity contribution in [1.82, 2.24) is 10.6 Å². The lowest BCUT2D eigenvalue weighted by Crippen LogP contribution is -2.33. The van der Waals surface area contributed by atoms with Gasteiger partial charge in [-0.05, 0) is 32.4 Å². The van der Waals surface area contributed by atoms with E-state index in [4.69, 9.17) is 9.47 Å². The Bertz CT molecular complexity index is 553. The minimum absolute atomic E-state index is 0. The normalized spacial score (nSPS) is 10.5. The van der Waals surface area contributed by atoms with E-state index >= 15 is 0 Å². The third kappa shape index (κ3) is 8.80. The van der Waals surface area contributed by atoms with E-state index in [-0.39, 0.29) is 36.4 Å². The van der Waals surface area contributed by atoms with E-state index in [0.29, 0.717) is 37.2 Å². The van der Waals surface area contributed by atoms with Crippen LogP contribution in [-0.4, -0.2) is 45.2 Å². The number of guanidine groups is 1. The van der Waals surface area contributed by atoms with E-state index < -0.39 is 0 Å². The summed E-state index contributed by atoms with van der Waals surface area (Å²) in [6.07, 6.45) is 0.903. The van der Waals surface area contributed by atoms with Gasteiger partial charge in [-0.2, -0.15) is 0 Å². The predicted octanol–water partition coefficient (Wildman–Crippen LogP) is 2.62. The maximum absolute atomic E-state index is 11.7. The van der Waals surface area contributed by atoms with Gasteiger partial charge in [0.2, 0.25) is 5.91 Å². The third-order valence-corrected chi connectivity index (χ3v) is 3.02. The Balaban J connectivity index is 0.00000576. The van der Waals surface area contributed by atoms with Crippen LogP contribution < -0.4 is 25.4 Å². The molecule has 0 radical (unpaired) electrons. The van der Waals surface area contributed by atoms with Crippen LogP contribution >= 0.6 is 24.0 Å². The average molecular weight is 464 g/mol. The Morgan fingerprint density at radius 1 is 1.16 bits per heavy atom. The van der Waals surface area contributed by atoms with Crippen molar-refractivity contribution in [2.75, 3.05) is 38.7 Å². The van der Waals surface area contributed by atoms with Gasteiger partial charge >= 0.3 is 0 Å². The van der Waals surface area contributed by atoms with Crippen molar-refractivity contribution in [3.63, 3.8) is 0 Å². The summed E-state index contributed by atoms with van der Waals surface area (Å²) in [5, 5.41) is 9.06. The molecule has 0 saturated carbocycles. The first-order chi connectivity index (χ1) is 11.6. The molecule has 1 amide bonds. The quantitative estimate of drug-likeness (QED) is 0.297. The lowest BCUT2D eigenvalue weighted by atomic mass is 10.2. The number of benzene rings is 1. The Hall–Kier alpha value is -1.71. The summed E-state index contributed by atoms with van der Waals surface area (Å²) in [5.41, 5.74) is 0.795. The summed E-state index contributed by atoms with van der Waals surface area (Å²) in [6, 6.07) is 5.54. The van der Waals surface area contributed by atoms with Crippen molar-refractivity contribution >= 4 is 41.5 Å². The molecule has 0 aliphatic carbocycles. The highest BCUT2D eigenvalue weighted by Gasteiger charge is 2.07. The third-order valence-electron chi connectivity index (χ3n) is 3.02. The number of anilines is 1. The summed E-state index contributed by atoms with van der Waals surface area (Å²) in [6.45, 7) is 7.89. The second-order valence-electron chi connectivity index (χ2n) is 4.97. The lowest BCUT2D eigenvalue weighted by molar-refractivity contribution is -0.119. The van der Waals surface area contributed by atoms with Crippen LogP contribution in [0.15, 0.2) is 23.2 Å². The van der Waals surface area contributed by atoms with Crippen LogP contribution in [0.25, 0.3) is 0 Å². The van der Waals surface area contributed by atoms with Gasteiger partial charge in [0.25, 0.3) is 0 Å². The highest BCUT2D eigenvalue weighted by molar-refractivity contribution is 14.0. The number of hydrogen-bond donors (Lipinski definition) is 3. The molecule has 7 nitrogen and oxygen atoms in total. The maximum atomic E-state index is 11.7. The zero-order chi connectivity index (χ0) is 17.8. The van der Waals surface area contributed by atoms with Crippen LogP contribution in [-0.2, 0) is 4.79 Å². The summed E-state index contributed by atoms with van der Waals surface area (Å²) < 4.78 is 10.8. The van der Waals surface area contributed by atoms with Crippen LogP contribution in [0.5, 0.6) is 11.5 Å². The molecular weight excluding hydrogens is 435 g/mol. The van der Waals surface area contributed by atoms with E-state index in [1.165, 1.54) is 0 Å². The molecule has 0 aliphatic rings. The molecule has 0 atom stereocenters. The van der Waals surface area contributed by atoms with Gasteiger partial charge in [-0.25, -0.2) is 4.99 Å². The maximum Gasteiger partial charge on any atom is 0.241 e. The Morgan fingerprint density at radius 3 is 2.52 bits per heavy atom. The number of rotatable bonds is 9. The number of methoxy groups -OCH3 is 1. The van der Waals surface area contributed by atoms with Gasteiger partial charge in [0.1, 0.15) is 6.54 Å². The number of hydrogen-bond acceptors (Lipinski definition) is 4. The topological polar surface area (TPSA) is 84.0 Å². The molecule has 0 heterocycles. The molecule has 0 fully saturated rings. The molecule has 0 saturated heterocycles. The fourth-order valence-corrected chi connectivity index (χ4v) is 1.94. The molecule has 0 unspecified atom stereocenters. The number of carbonyl (C=O) groups excluding carboxylic acids is 1. The molecule has 0 aliphatic heterocycles. The first kappa shape index (κ1) is 23.3. The number of carbonyl (C=O) groups is 1. The smallest absolute Gasteiger partial charge is 0.241 e. The van der Waals surface area contributed by atoms with Crippen LogP contribution in [0, 0.1) is 0 Å². The number of aliphatic imine (C=N–C) groups is 1. The van der Waals surface area contributed by atoms with E-state index in [0.717, 1.165) is 12.1 Å². The lowest BCUT2D eigenvalue weighted by Gasteiger charge is -2.14. The summed E-state index contributed by atoms with van der Waals surface area (Å²) in [5.74, 6) is 1.76. The van der Waals surface area contributed by atoms with E-state index in [1.54, 1.807) is 7.11 Å². The highest BCUT2D eigenvalue weighted by atomic mass is 127. The van der Waals surface area contributed by atoms with Gasteiger partial charge in [0.05, 0.1) is 13.7 Å². The Kier molecular flexibility index (Phi) is 12.6. The van der Waals surface area contributed by atoms with Crippen LogP contribution in [0.2, 0.25) is 0 Å². The molecule has 25 heavy (non-hydrogen) atoms. The number of nitrogens with zero attached hydrogens (tertiary/aromatic N) is 1. The zero-order valence-electron chi connectivity index (χ0n) is 15.3. The Labute approximate surface area is 167 Å². The van der Waals surface area contributed by atoms with Crippen LogP contribution in [0.3, 0.4) is 0 Å². The van der Waals surface area contributed by atoms with Crippen molar-refractivity contribution in [3.8, 4) is 11.5 Å². The largest absolute Gasteiger partial charge is 0.493 e. The second-order valence-corrected chi connectivity index (χ2v) is 4.97. The molecule has 0 bridgehead atoms. The Morgan fingerprint density at radius 2 is 1.92 bits per heavy atom. The van der Waals surface area contributed by atoms with Crippen molar-refractivity contribution in [2.24, 2.45) is 4.99 Å². The van der Waals surface area contributed by atoms with Crippen LogP contribution in [0.1, 0.15) is 27.2 Å². The van der Waals surface area contributed by atoms with Crippen molar-refractivity contribution < 1.29 is 14.3 Å². The molecular formula is C17H29IN4O3. The SMILES string of the molecule is CCCNC(=O)CN=C(NCC)Nc1ccc(OCC)c(OC)c1.I.